The van der Waals surface area contributed by atoms with Gasteiger partial charge in [-0.05, 0) is 91.5 Å². The Morgan fingerprint density at radius 2 is 1.93 bits per heavy atom. The fourth-order valence-electron chi connectivity index (χ4n) is 6.82. The highest BCUT2D eigenvalue weighted by molar-refractivity contribution is 5.70. The summed E-state index contributed by atoms with van der Waals surface area (Å²) in [5.74, 6) is 2.24. The molecule has 3 nitrogen and oxygen atoms in total. The maximum Gasteiger partial charge on any atom is 0.306 e. The van der Waals surface area contributed by atoms with E-state index in [-0.39, 0.29) is 17.5 Å². The number of carbonyl (C=O) groups excluding carboxylic acids is 1. The summed E-state index contributed by atoms with van der Waals surface area (Å²) < 4.78 is 6.10. The number of aryl methyl sites for hydroxylation is 2. The van der Waals surface area contributed by atoms with Crippen molar-refractivity contribution in [1.29, 1.82) is 0 Å². The maximum absolute atomic E-state index is 12.6. The molecule has 3 heteroatoms. The van der Waals surface area contributed by atoms with E-state index in [1.807, 2.05) is 30.3 Å². The van der Waals surface area contributed by atoms with E-state index in [0.717, 1.165) is 32.1 Å². The second-order valence-corrected chi connectivity index (χ2v) is 9.88. The summed E-state index contributed by atoms with van der Waals surface area (Å²) in [5, 5.41) is 9.86. The monoisotopic (exact) mass is 404 g/mol. The van der Waals surface area contributed by atoms with Crippen molar-refractivity contribution in [3.63, 3.8) is 0 Å². The third-order valence-electron chi connectivity index (χ3n) is 8.36. The fraction of sp³-hybridized carbons (Fsp3) is 0.519. The molecule has 2 saturated carbocycles. The molecule has 4 unspecified atom stereocenters. The van der Waals surface area contributed by atoms with Crippen molar-refractivity contribution in [1.82, 2.24) is 0 Å². The number of ether oxygens (including phenoxy) is 1. The zero-order chi connectivity index (χ0) is 20.7. The van der Waals surface area contributed by atoms with Gasteiger partial charge in [0.15, 0.2) is 0 Å². The van der Waals surface area contributed by atoms with Crippen molar-refractivity contribution in [2.24, 2.45) is 17.3 Å². The molecule has 0 amide bonds. The fourth-order valence-corrected chi connectivity index (χ4v) is 6.82. The van der Waals surface area contributed by atoms with E-state index in [0.29, 0.717) is 29.9 Å². The molecule has 0 heterocycles. The first kappa shape index (κ1) is 19.7. The molecule has 5 rings (SSSR count). The standard InChI is InChI=1S/C27H32O3/c1-27-16-15-22-21-11-9-20(28)17-19(21)8-10-23(22)24(27)12-13-25(27)30-26(29)14-7-18-5-3-2-4-6-18/h2-6,9,11,17,22-25,28H,7-8,10,12-16H2,1H3/t22?,23?,24?,25?,27-/m1/s1. The van der Waals surface area contributed by atoms with Gasteiger partial charge in [0, 0.05) is 11.8 Å². The largest absolute Gasteiger partial charge is 0.508 e. The topological polar surface area (TPSA) is 46.5 Å². The minimum absolute atomic E-state index is 0.0442. The van der Waals surface area contributed by atoms with Crippen LogP contribution in [0, 0.1) is 17.3 Å². The highest BCUT2D eigenvalue weighted by atomic mass is 16.5. The molecule has 5 atom stereocenters. The first-order valence-corrected chi connectivity index (χ1v) is 11.6. The number of phenolic OH excluding ortho intramolecular Hbond substituents is 1. The number of aromatic hydroxyl groups is 1. The summed E-state index contributed by atoms with van der Waals surface area (Å²) in [7, 11) is 0. The van der Waals surface area contributed by atoms with Gasteiger partial charge in [-0.1, -0.05) is 43.3 Å². The summed E-state index contributed by atoms with van der Waals surface area (Å²) >= 11 is 0. The van der Waals surface area contributed by atoms with Gasteiger partial charge in [-0.3, -0.25) is 4.79 Å². The van der Waals surface area contributed by atoms with E-state index >= 15 is 0 Å². The number of benzene rings is 2. The minimum atomic E-state index is -0.0442. The van der Waals surface area contributed by atoms with Crippen LogP contribution in [0.15, 0.2) is 48.5 Å². The SMILES string of the molecule is C[C@@]12CCC3c4ccc(O)cc4CCC3C1CCC2OC(=O)CCc1ccccc1. The van der Waals surface area contributed by atoms with Crippen molar-refractivity contribution in [2.45, 2.75) is 70.3 Å². The lowest BCUT2D eigenvalue weighted by molar-refractivity contribution is -0.157. The smallest absolute Gasteiger partial charge is 0.306 e. The quantitative estimate of drug-likeness (QED) is 0.656. The van der Waals surface area contributed by atoms with Crippen LogP contribution < -0.4 is 0 Å². The average Bonchev–Trinajstić information content (AvgIpc) is 3.09. The zero-order valence-electron chi connectivity index (χ0n) is 17.8. The van der Waals surface area contributed by atoms with Crippen molar-refractivity contribution in [2.75, 3.05) is 0 Å². The van der Waals surface area contributed by atoms with Crippen LogP contribution in [-0.4, -0.2) is 17.2 Å². The number of hydrogen-bond acceptors (Lipinski definition) is 3. The van der Waals surface area contributed by atoms with Crippen LogP contribution >= 0.6 is 0 Å². The first-order chi connectivity index (χ1) is 14.5. The van der Waals surface area contributed by atoms with E-state index in [1.54, 1.807) is 0 Å². The summed E-state index contributed by atoms with van der Waals surface area (Å²) in [6, 6.07) is 16.2. The normalized spacial score (nSPS) is 32.0. The predicted molar refractivity (Wildman–Crippen MR) is 117 cm³/mol. The molecule has 30 heavy (non-hydrogen) atoms. The molecule has 0 spiro atoms. The molecule has 0 saturated heterocycles. The van der Waals surface area contributed by atoms with Crippen LogP contribution in [0.5, 0.6) is 5.75 Å². The minimum Gasteiger partial charge on any atom is -0.508 e. The second-order valence-electron chi connectivity index (χ2n) is 9.88. The molecule has 0 aliphatic heterocycles. The Hall–Kier alpha value is -2.29. The molecular weight excluding hydrogens is 372 g/mol. The van der Waals surface area contributed by atoms with Crippen LogP contribution in [0.4, 0.5) is 0 Å². The molecule has 2 fully saturated rings. The number of hydrogen-bond donors (Lipinski definition) is 1. The number of phenols is 1. The van der Waals surface area contributed by atoms with Crippen molar-refractivity contribution < 1.29 is 14.6 Å². The van der Waals surface area contributed by atoms with E-state index < -0.39 is 0 Å². The van der Waals surface area contributed by atoms with Gasteiger partial charge in [0.2, 0.25) is 0 Å². The Morgan fingerprint density at radius 3 is 2.77 bits per heavy atom. The van der Waals surface area contributed by atoms with E-state index in [2.05, 4.69) is 25.1 Å². The highest BCUT2D eigenvalue weighted by Crippen LogP contribution is 2.61. The van der Waals surface area contributed by atoms with Crippen LogP contribution in [0.1, 0.15) is 68.1 Å². The molecule has 0 radical (unpaired) electrons. The predicted octanol–water partition coefficient (Wildman–Crippen LogP) is 5.79. The molecular formula is C27H32O3. The third kappa shape index (κ3) is 3.42. The Morgan fingerprint density at radius 1 is 1.10 bits per heavy atom. The number of rotatable bonds is 4. The van der Waals surface area contributed by atoms with Crippen molar-refractivity contribution in [3.8, 4) is 5.75 Å². The van der Waals surface area contributed by atoms with Crippen LogP contribution in [0.25, 0.3) is 0 Å². The number of fused-ring (bicyclic) bond motifs is 5. The Balaban J connectivity index is 1.26. The number of esters is 1. The summed E-state index contributed by atoms with van der Waals surface area (Å²) in [6.07, 6.45) is 7.97. The van der Waals surface area contributed by atoms with Gasteiger partial charge in [0.25, 0.3) is 0 Å². The van der Waals surface area contributed by atoms with E-state index in [9.17, 15) is 9.90 Å². The van der Waals surface area contributed by atoms with Gasteiger partial charge >= 0.3 is 5.97 Å². The molecule has 0 aromatic heterocycles. The Kier molecular flexibility index (Phi) is 5.08. The van der Waals surface area contributed by atoms with Gasteiger partial charge in [0.05, 0.1) is 0 Å². The molecule has 3 aliphatic carbocycles. The van der Waals surface area contributed by atoms with Gasteiger partial charge in [-0.2, -0.15) is 0 Å². The molecule has 0 bridgehead atoms. The summed E-state index contributed by atoms with van der Waals surface area (Å²) in [4.78, 5) is 12.6. The molecule has 3 aliphatic rings. The van der Waals surface area contributed by atoms with Crippen molar-refractivity contribution in [3.05, 3.63) is 65.2 Å². The lowest BCUT2D eigenvalue weighted by Gasteiger charge is -2.50. The van der Waals surface area contributed by atoms with E-state index in [4.69, 9.17) is 4.74 Å². The number of carbonyl (C=O) groups is 1. The summed E-state index contributed by atoms with van der Waals surface area (Å²) in [5.41, 5.74) is 4.09. The van der Waals surface area contributed by atoms with Gasteiger partial charge < -0.3 is 9.84 Å². The first-order valence-electron chi connectivity index (χ1n) is 11.6. The molecule has 1 N–H and O–H groups in total. The molecule has 158 valence electrons. The lowest BCUT2D eigenvalue weighted by atomic mass is 9.55. The van der Waals surface area contributed by atoms with Gasteiger partial charge in [-0.15, -0.1) is 0 Å². The zero-order valence-corrected chi connectivity index (χ0v) is 17.8. The Labute approximate surface area is 179 Å². The highest BCUT2D eigenvalue weighted by Gasteiger charge is 2.56. The lowest BCUT2D eigenvalue weighted by Crippen LogP contribution is -2.45. The van der Waals surface area contributed by atoms with E-state index in [1.165, 1.54) is 29.5 Å². The van der Waals surface area contributed by atoms with Gasteiger partial charge in [0.1, 0.15) is 11.9 Å². The Bertz CT molecular complexity index is 921. The van der Waals surface area contributed by atoms with Crippen LogP contribution in [0.2, 0.25) is 0 Å². The molecule has 2 aromatic carbocycles. The summed E-state index contributed by atoms with van der Waals surface area (Å²) in [6.45, 7) is 2.38. The maximum atomic E-state index is 12.6. The van der Waals surface area contributed by atoms with Crippen molar-refractivity contribution >= 4 is 5.97 Å². The van der Waals surface area contributed by atoms with Crippen LogP contribution in [-0.2, 0) is 22.4 Å². The van der Waals surface area contributed by atoms with Crippen LogP contribution in [0.3, 0.4) is 0 Å². The third-order valence-corrected chi connectivity index (χ3v) is 8.36. The second kappa shape index (κ2) is 7.76. The van der Waals surface area contributed by atoms with Gasteiger partial charge in [-0.25, -0.2) is 0 Å². The molecule has 2 aromatic rings. The average molecular weight is 405 g/mol.